The number of fused-ring (bicyclic) bond motifs is 1. The lowest BCUT2D eigenvalue weighted by Crippen LogP contribution is -2.39. The molecule has 1 saturated carbocycles. The fraction of sp³-hybridized carbons (Fsp3) is 0.364. The van der Waals surface area contributed by atoms with Crippen LogP contribution in [0.5, 0.6) is 0 Å². The summed E-state index contributed by atoms with van der Waals surface area (Å²) in [6.07, 6.45) is 5.59. The molecule has 2 aromatic rings. The van der Waals surface area contributed by atoms with Crippen LogP contribution >= 0.6 is 0 Å². The number of benzene rings is 2. The fourth-order valence-corrected chi connectivity index (χ4v) is 4.08. The van der Waals surface area contributed by atoms with Gasteiger partial charge in [0.2, 0.25) is 5.91 Å². The number of nitrogens with zero attached hydrogens (tertiary/aromatic N) is 1. The second kappa shape index (κ2) is 6.94. The summed E-state index contributed by atoms with van der Waals surface area (Å²) in [6, 6.07) is 15.7. The van der Waals surface area contributed by atoms with Gasteiger partial charge in [0.25, 0.3) is 0 Å². The molecule has 0 radical (unpaired) electrons. The molecule has 1 atom stereocenters. The summed E-state index contributed by atoms with van der Waals surface area (Å²) in [5.41, 5.74) is 3.65. The van der Waals surface area contributed by atoms with Gasteiger partial charge in [-0.1, -0.05) is 36.4 Å². The van der Waals surface area contributed by atoms with Gasteiger partial charge >= 0.3 is 5.97 Å². The molecule has 2 aliphatic rings. The van der Waals surface area contributed by atoms with Crippen molar-refractivity contribution < 1.29 is 14.7 Å². The maximum Gasteiger partial charge on any atom is 0.335 e. The number of rotatable bonds is 5. The fourth-order valence-electron chi connectivity index (χ4n) is 4.08. The smallest absolute Gasteiger partial charge is 0.335 e. The van der Waals surface area contributed by atoms with Crippen LogP contribution in [0.3, 0.4) is 0 Å². The average Bonchev–Trinajstić information content (AvgIpc) is 3.47. The number of carboxylic acid groups (broad SMARTS) is 1. The molecule has 4 nitrogen and oxygen atoms in total. The van der Waals surface area contributed by atoms with E-state index in [0.29, 0.717) is 6.04 Å². The molecule has 0 saturated heterocycles. The van der Waals surface area contributed by atoms with E-state index >= 15 is 0 Å². The van der Waals surface area contributed by atoms with Crippen molar-refractivity contribution in [2.24, 2.45) is 0 Å². The van der Waals surface area contributed by atoms with Crippen LogP contribution < -0.4 is 0 Å². The molecule has 2 aromatic carbocycles. The molecule has 1 amide bonds. The Morgan fingerprint density at radius 1 is 1.04 bits per heavy atom. The Hall–Kier alpha value is -2.62. The maximum atomic E-state index is 13.2. The Bertz CT molecular complexity index is 841. The van der Waals surface area contributed by atoms with Crippen LogP contribution in [-0.2, 0) is 17.6 Å². The number of carbonyl (C=O) groups excluding carboxylic acids is 1. The number of carboxylic acids is 1. The SMILES string of the molecule is O=C(O)c1cccc(CC(=O)N(C2CC2)C2CCCc3ccccc32)c1. The molecule has 4 rings (SSSR count). The molecule has 0 spiro atoms. The number of carbonyl (C=O) groups is 2. The van der Waals surface area contributed by atoms with Gasteiger partial charge in [-0.25, -0.2) is 4.79 Å². The van der Waals surface area contributed by atoms with Crippen LogP contribution in [0.2, 0.25) is 0 Å². The van der Waals surface area contributed by atoms with Gasteiger partial charge in [-0.2, -0.15) is 0 Å². The minimum Gasteiger partial charge on any atom is -0.478 e. The zero-order valence-corrected chi connectivity index (χ0v) is 14.7. The van der Waals surface area contributed by atoms with E-state index in [0.717, 1.165) is 37.7 Å². The van der Waals surface area contributed by atoms with Crippen molar-refractivity contribution in [3.05, 3.63) is 70.8 Å². The predicted molar refractivity (Wildman–Crippen MR) is 99.1 cm³/mol. The van der Waals surface area contributed by atoms with Gasteiger partial charge in [0, 0.05) is 6.04 Å². The summed E-state index contributed by atoms with van der Waals surface area (Å²) in [5.74, 6) is -0.851. The Morgan fingerprint density at radius 3 is 2.62 bits per heavy atom. The number of hydrogen-bond acceptors (Lipinski definition) is 2. The first-order valence-electron chi connectivity index (χ1n) is 9.34. The number of amides is 1. The van der Waals surface area contributed by atoms with Crippen molar-refractivity contribution >= 4 is 11.9 Å². The highest BCUT2D eigenvalue weighted by atomic mass is 16.4. The van der Waals surface area contributed by atoms with Gasteiger partial charge in [0.1, 0.15) is 0 Å². The monoisotopic (exact) mass is 349 g/mol. The molecule has 1 N–H and O–H groups in total. The van der Waals surface area contributed by atoms with Crippen molar-refractivity contribution in [2.45, 2.75) is 50.6 Å². The van der Waals surface area contributed by atoms with Gasteiger partial charge < -0.3 is 10.0 Å². The van der Waals surface area contributed by atoms with Crippen LogP contribution in [0.4, 0.5) is 0 Å². The van der Waals surface area contributed by atoms with E-state index in [1.165, 1.54) is 11.1 Å². The number of hydrogen-bond donors (Lipinski definition) is 1. The second-order valence-electron chi connectivity index (χ2n) is 7.32. The third-order valence-corrected chi connectivity index (χ3v) is 5.43. The summed E-state index contributed by atoms with van der Waals surface area (Å²) in [4.78, 5) is 26.4. The first-order valence-corrected chi connectivity index (χ1v) is 9.34. The molecule has 0 aromatic heterocycles. The Morgan fingerprint density at radius 2 is 1.85 bits per heavy atom. The predicted octanol–water partition coefficient (Wildman–Crippen LogP) is 4.00. The highest BCUT2D eigenvalue weighted by molar-refractivity contribution is 5.88. The van der Waals surface area contributed by atoms with Crippen molar-refractivity contribution in [3.63, 3.8) is 0 Å². The molecule has 0 aliphatic heterocycles. The summed E-state index contributed by atoms with van der Waals surface area (Å²) in [6.45, 7) is 0. The lowest BCUT2D eigenvalue weighted by atomic mass is 9.86. The van der Waals surface area contributed by atoms with E-state index in [4.69, 9.17) is 5.11 Å². The number of aromatic carboxylic acids is 1. The minimum absolute atomic E-state index is 0.108. The van der Waals surface area contributed by atoms with E-state index in [1.807, 2.05) is 6.07 Å². The maximum absolute atomic E-state index is 13.2. The van der Waals surface area contributed by atoms with Gasteiger partial charge in [0.15, 0.2) is 0 Å². The van der Waals surface area contributed by atoms with Crippen molar-refractivity contribution in [1.29, 1.82) is 0 Å². The summed E-state index contributed by atoms with van der Waals surface area (Å²) >= 11 is 0. The summed E-state index contributed by atoms with van der Waals surface area (Å²) in [7, 11) is 0. The molecule has 0 bridgehead atoms. The van der Waals surface area contributed by atoms with Crippen LogP contribution in [0.1, 0.15) is 58.8 Å². The topological polar surface area (TPSA) is 57.6 Å². The number of aryl methyl sites for hydroxylation is 1. The first kappa shape index (κ1) is 16.8. The molecule has 26 heavy (non-hydrogen) atoms. The zero-order valence-electron chi connectivity index (χ0n) is 14.7. The summed E-state index contributed by atoms with van der Waals surface area (Å²) in [5, 5.41) is 9.17. The quantitative estimate of drug-likeness (QED) is 0.888. The van der Waals surface area contributed by atoms with Gasteiger partial charge in [-0.15, -0.1) is 0 Å². The lowest BCUT2D eigenvalue weighted by molar-refractivity contribution is -0.134. The highest BCUT2D eigenvalue weighted by Gasteiger charge is 2.39. The molecule has 1 unspecified atom stereocenters. The van der Waals surface area contributed by atoms with Crippen molar-refractivity contribution in [1.82, 2.24) is 4.90 Å². The van der Waals surface area contributed by atoms with E-state index in [-0.39, 0.29) is 23.9 Å². The molecule has 2 aliphatic carbocycles. The third-order valence-electron chi connectivity index (χ3n) is 5.43. The molecule has 4 heteroatoms. The van der Waals surface area contributed by atoms with Crippen molar-refractivity contribution in [3.8, 4) is 0 Å². The molecular formula is C22H23NO3. The average molecular weight is 349 g/mol. The van der Waals surface area contributed by atoms with E-state index in [1.54, 1.807) is 18.2 Å². The van der Waals surface area contributed by atoms with Gasteiger partial charge in [-0.3, -0.25) is 4.79 Å². The van der Waals surface area contributed by atoms with Crippen LogP contribution in [0.25, 0.3) is 0 Å². The molecule has 1 fully saturated rings. The molecule has 134 valence electrons. The van der Waals surface area contributed by atoms with E-state index in [9.17, 15) is 9.59 Å². The highest BCUT2D eigenvalue weighted by Crippen LogP contribution is 2.41. The Labute approximate surface area is 153 Å². The lowest BCUT2D eigenvalue weighted by Gasteiger charge is -2.36. The Balaban J connectivity index is 1.59. The largest absolute Gasteiger partial charge is 0.478 e. The van der Waals surface area contributed by atoms with Gasteiger partial charge in [-0.05, 0) is 60.9 Å². The van der Waals surface area contributed by atoms with Crippen molar-refractivity contribution in [2.75, 3.05) is 0 Å². The molecular weight excluding hydrogens is 326 g/mol. The van der Waals surface area contributed by atoms with Gasteiger partial charge in [0.05, 0.1) is 18.0 Å². The Kier molecular flexibility index (Phi) is 4.49. The van der Waals surface area contributed by atoms with E-state index in [2.05, 4.69) is 29.2 Å². The normalized spacial score (nSPS) is 18.8. The molecule has 0 heterocycles. The second-order valence-corrected chi connectivity index (χ2v) is 7.32. The van der Waals surface area contributed by atoms with Crippen LogP contribution in [0.15, 0.2) is 48.5 Å². The van der Waals surface area contributed by atoms with Crippen LogP contribution in [0, 0.1) is 0 Å². The first-order chi connectivity index (χ1) is 12.6. The minimum atomic E-state index is -0.959. The van der Waals surface area contributed by atoms with Crippen LogP contribution in [-0.4, -0.2) is 27.9 Å². The van der Waals surface area contributed by atoms with E-state index < -0.39 is 5.97 Å². The zero-order chi connectivity index (χ0) is 18.1. The standard InChI is InChI=1S/C22H23NO3/c24-21(14-15-5-3-8-17(13-15)22(25)26)23(18-11-12-18)20-10-4-7-16-6-1-2-9-19(16)20/h1-3,5-6,8-9,13,18,20H,4,7,10-12,14H2,(H,25,26). The summed E-state index contributed by atoms with van der Waals surface area (Å²) < 4.78 is 0. The third kappa shape index (κ3) is 3.36.